The first-order valence-corrected chi connectivity index (χ1v) is 5.00. The van der Waals surface area contributed by atoms with Gasteiger partial charge >= 0.3 is 5.97 Å². The van der Waals surface area contributed by atoms with Crippen LogP contribution in [0.15, 0.2) is 0 Å². The SMILES string of the molecule is CCCCC1CC(OC)(OC)C(=O)O1. The Labute approximate surface area is 84.5 Å². The zero-order valence-electron chi connectivity index (χ0n) is 9.04. The van der Waals surface area contributed by atoms with Gasteiger partial charge in [-0.2, -0.15) is 0 Å². The molecule has 0 aromatic rings. The molecule has 4 nitrogen and oxygen atoms in total. The lowest BCUT2D eigenvalue weighted by molar-refractivity contribution is -0.210. The number of unbranched alkanes of at least 4 members (excludes halogenated alkanes) is 1. The maximum atomic E-state index is 11.5. The Morgan fingerprint density at radius 2 is 2.14 bits per heavy atom. The number of ether oxygens (including phenoxy) is 3. The van der Waals surface area contributed by atoms with Crippen molar-refractivity contribution in [3.63, 3.8) is 0 Å². The van der Waals surface area contributed by atoms with E-state index in [1.165, 1.54) is 14.2 Å². The zero-order chi connectivity index (χ0) is 10.6. The van der Waals surface area contributed by atoms with E-state index in [-0.39, 0.29) is 6.10 Å². The van der Waals surface area contributed by atoms with Crippen LogP contribution in [0.4, 0.5) is 0 Å². The number of hydrogen-bond donors (Lipinski definition) is 0. The molecule has 1 atom stereocenters. The Kier molecular flexibility index (Phi) is 3.89. The summed E-state index contributed by atoms with van der Waals surface area (Å²) in [7, 11) is 2.93. The Hall–Kier alpha value is -0.610. The molecule has 0 amide bonds. The highest BCUT2D eigenvalue weighted by Crippen LogP contribution is 2.31. The minimum absolute atomic E-state index is 0.0534. The lowest BCUT2D eigenvalue weighted by Gasteiger charge is -2.20. The summed E-state index contributed by atoms with van der Waals surface area (Å²) in [4.78, 5) is 11.5. The van der Waals surface area contributed by atoms with Gasteiger partial charge in [0, 0.05) is 14.2 Å². The molecular weight excluding hydrogens is 184 g/mol. The number of carbonyl (C=O) groups excluding carboxylic acids is 1. The van der Waals surface area contributed by atoms with Crippen molar-refractivity contribution in [1.29, 1.82) is 0 Å². The van der Waals surface area contributed by atoms with Crippen LogP contribution in [0.3, 0.4) is 0 Å². The number of hydrogen-bond acceptors (Lipinski definition) is 4. The third-order valence-electron chi connectivity index (χ3n) is 2.62. The lowest BCUT2D eigenvalue weighted by Crippen LogP contribution is -2.38. The van der Waals surface area contributed by atoms with Crippen molar-refractivity contribution in [2.45, 2.75) is 44.5 Å². The van der Waals surface area contributed by atoms with Gasteiger partial charge in [0.1, 0.15) is 6.10 Å². The van der Waals surface area contributed by atoms with Crippen LogP contribution >= 0.6 is 0 Å². The molecule has 4 heteroatoms. The summed E-state index contributed by atoms with van der Waals surface area (Å²) in [6.07, 6.45) is 3.49. The van der Waals surface area contributed by atoms with Gasteiger partial charge in [-0.15, -0.1) is 0 Å². The van der Waals surface area contributed by atoms with Crippen LogP contribution in [0, 0.1) is 0 Å². The highest BCUT2D eigenvalue weighted by atomic mass is 16.7. The Bertz CT molecular complexity index is 198. The Morgan fingerprint density at radius 3 is 2.57 bits per heavy atom. The fourth-order valence-corrected chi connectivity index (χ4v) is 1.68. The van der Waals surface area contributed by atoms with Crippen LogP contribution in [0.1, 0.15) is 32.6 Å². The minimum Gasteiger partial charge on any atom is -0.458 e. The summed E-state index contributed by atoms with van der Waals surface area (Å²) in [5.74, 6) is -1.55. The van der Waals surface area contributed by atoms with E-state index in [4.69, 9.17) is 14.2 Å². The molecule has 1 saturated heterocycles. The number of rotatable bonds is 5. The molecule has 1 fully saturated rings. The summed E-state index contributed by atoms with van der Waals surface area (Å²) in [5.41, 5.74) is 0. The molecule has 0 aliphatic carbocycles. The molecule has 1 rings (SSSR count). The molecule has 0 N–H and O–H groups in total. The molecule has 0 aromatic heterocycles. The van der Waals surface area contributed by atoms with Crippen molar-refractivity contribution in [3.8, 4) is 0 Å². The molecule has 1 heterocycles. The van der Waals surface area contributed by atoms with Crippen LogP contribution < -0.4 is 0 Å². The standard InChI is InChI=1S/C10H18O4/c1-4-5-6-8-7-10(12-2,13-3)9(11)14-8/h8H,4-7H2,1-3H3. The Morgan fingerprint density at radius 1 is 1.50 bits per heavy atom. The van der Waals surface area contributed by atoms with Gasteiger partial charge in [-0.25, -0.2) is 4.79 Å². The fraction of sp³-hybridized carbons (Fsp3) is 0.900. The van der Waals surface area contributed by atoms with E-state index in [2.05, 4.69) is 6.92 Å². The first kappa shape index (κ1) is 11.5. The number of esters is 1. The van der Waals surface area contributed by atoms with Gasteiger partial charge in [0.15, 0.2) is 0 Å². The monoisotopic (exact) mass is 202 g/mol. The second-order valence-electron chi connectivity index (χ2n) is 3.53. The predicted octanol–water partition coefficient (Wildman–Crippen LogP) is 1.48. The molecule has 0 saturated carbocycles. The quantitative estimate of drug-likeness (QED) is 0.500. The normalized spacial score (nSPS) is 25.1. The number of cyclic esters (lactones) is 1. The van der Waals surface area contributed by atoms with Crippen molar-refractivity contribution in [3.05, 3.63) is 0 Å². The highest BCUT2D eigenvalue weighted by molar-refractivity contribution is 5.80. The van der Waals surface area contributed by atoms with E-state index >= 15 is 0 Å². The number of carbonyl (C=O) groups is 1. The molecule has 1 aliphatic heterocycles. The lowest BCUT2D eigenvalue weighted by atomic mass is 10.1. The molecule has 82 valence electrons. The van der Waals surface area contributed by atoms with Crippen molar-refractivity contribution in [1.82, 2.24) is 0 Å². The first-order valence-electron chi connectivity index (χ1n) is 5.00. The van der Waals surface area contributed by atoms with E-state index in [0.29, 0.717) is 6.42 Å². The van der Waals surface area contributed by atoms with Crippen molar-refractivity contribution in [2.24, 2.45) is 0 Å². The van der Waals surface area contributed by atoms with Crippen molar-refractivity contribution >= 4 is 5.97 Å². The van der Waals surface area contributed by atoms with Crippen LogP contribution in [-0.2, 0) is 19.0 Å². The third kappa shape index (κ3) is 2.07. The Balaban J connectivity index is 2.54. The van der Waals surface area contributed by atoms with Gasteiger partial charge in [0.2, 0.25) is 0 Å². The topological polar surface area (TPSA) is 44.8 Å². The average Bonchev–Trinajstić information content (AvgIpc) is 2.53. The van der Waals surface area contributed by atoms with E-state index in [1.54, 1.807) is 0 Å². The second kappa shape index (κ2) is 4.75. The molecule has 0 bridgehead atoms. The largest absolute Gasteiger partial charge is 0.458 e. The minimum atomic E-state index is -1.15. The van der Waals surface area contributed by atoms with Gasteiger partial charge in [0.05, 0.1) is 6.42 Å². The maximum Gasteiger partial charge on any atom is 0.367 e. The molecule has 1 aliphatic rings. The smallest absolute Gasteiger partial charge is 0.367 e. The molecule has 0 spiro atoms. The zero-order valence-corrected chi connectivity index (χ0v) is 9.04. The summed E-state index contributed by atoms with van der Waals surface area (Å²) >= 11 is 0. The van der Waals surface area contributed by atoms with Crippen LogP contribution in [0.5, 0.6) is 0 Å². The van der Waals surface area contributed by atoms with E-state index < -0.39 is 11.8 Å². The van der Waals surface area contributed by atoms with Gasteiger partial charge in [-0.3, -0.25) is 0 Å². The summed E-state index contributed by atoms with van der Waals surface area (Å²) in [6.45, 7) is 2.11. The van der Waals surface area contributed by atoms with Crippen LogP contribution in [0.2, 0.25) is 0 Å². The van der Waals surface area contributed by atoms with Crippen LogP contribution in [-0.4, -0.2) is 32.1 Å². The maximum absolute atomic E-state index is 11.5. The van der Waals surface area contributed by atoms with Crippen molar-refractivity contribution < 1.29 is 19.0 Å². The predicted molar refractivity (Wildman–Crippen MR) is 50.8 cm³/mol. The fourth-order valence-electron chi connectivity index (χ4n) is 1.68. The second-order valence-corrected chi connectivity index (χ2v) is 3.53. The van der Waals surface area contributed by atoms with Gasteiger partial charge in [0.25, 0.3) is 5.79 Å². The number of methoxy groups -OCH3 is 2. The molecule has 14 heavy (non-hydrogen) atoms. The molecule has 1 unspecified atom stereocenters. The van der Waals surface area contributed by atoms with E-state index in [1.807, 2.05) is 0 Å². The van der Waals surface area contributed by atoms with Gasteiger partial charge < -0.3 is 14.2 Å². The molecule has 0 aromatic carbocycles. The van der Waals surface area contributed by atoms with Gasteiger partial charge in [-0.1, -0.05) is 19.8 Å². The van der Waals surface area contributed by atoms with E-state index in [0.717, 1.165) is 19.3 Å². The third-order valence-corrected chi connectivity index (χ3v) is 2.62. The summed E-state index contributed by atoms with van der Waals surface area (Å²) in [5, 5.41) is 0. The van der Waals surface area contributed by atoms with Crippen molar-refractivity contribution in [2.75, 3.05) is 14.2 Å². The highest BCUT2D eigenvalue weighted by Gasteiger charge is 2.50. The molecular formula is C10H18O4. The van der Waals surface area contributed by atoms with Gasteiger partial charge in [-0.05, 0) is 6.42 Å². The van der Waals surface area contributed by atoms with Crippen LogP contribution in [0.25, 0.3) is 0 Å². The summed E-state index contributed by atoms with van der Waals surface area (Å²) in [6, 6.07) is 0. The first-order chi connectivity index (χ1) is 6.68. The average molecular weight is 202 g/mol. The molecule has 0 radical (unpaired) electrons. The summed E-state index contributed by atoms with van der Waals surface area (Å²) < 4.78 is 15.3. The van der Waals surface area contributed by atoms with E-state index in [9.17, 15) is 4.79 Å².